The van der Waals surface area contributed by atoms with Crippen molar-refractivity contribution in [1.82, 2.24) is 10.7 Å². The van der Waals surface area contributed by atoms with Crippen LogP contribution in [0.3, 0.4) is 0 Å². The number of amides is 2. The predicted octanol–water partition coefficient (Wildman–Crippen LogP) is 2.63. The Labute approximate surface area is 153 Å². The van der Waals surface area contributed by atoms with E-state index < -0.39 is 11.8 Å². The van der Waals surface area contributed by atoms with Crippen LogP contribution in [0.15, 0.2) is 59.7 Å². The Balaban J connectivity index is 1.93. The maximum atomic E-state index is 11.7. The minimum atomic E-state index is -0.802. The third-order valence-corrected chi connectivity index (χ3v) is 3.72. The van der Waals surface area contributed by atoms with Gasteiger partial charge in [-0.25, -0.2) is 5.43 Å². The first-order chi connectivity index (χ1) is 12.6. The van der Waals surface area contributed by atoms with Gasteiger partial charge in [0.25, 0.3) is 0 Å². The fourth-order valence-electron chi connectivity index (χ4n) is 2.06. The van der Waals surface area contributed by atoms with Crippen LogP contribution in [-0.4, -0.2) is 24.1 Å². The highest BCUT2D eigenvalue weighted by Crippen LogP contribution is 2.17. The Morgan fingerprint density at radius 2 is 1.77 bits per heavy atom. The van der Waals surface area contributed by atoms with Crippen molar-refractivity contribution in [3.05, 3.63) is 65.7 Å². The van der Waals surface area contributed by atoms with Gasteiger partial charge in [0.1, 0.15) is 12.4 Å². The highest BCUT2D eigenvalue weighted by molar-refractivity contribution is 6.35. The van der Waals surface area contributed by atoms with Crippen LogP contribution in [0.25, 0.3) is 0 Å². The van der Waals surface area contributed by atoms with Gasteiger partial charge in [-0.2, -0.15) is 5.10 Å². The summed E-state index contributed by atoms with van der Waals surface area (Å²) in [6.07, 6.45) is 2.20. The van der Waals surface area contributed by atoms with E-state index >= 15 is 0 Å². The van der Waals surface area contributed by atoms with Crippen LogP contribution in [-0.2, 0) is 16.2 Å². The quantitative estimate of drug-likeness (QED) is 0.456. The summed E-state index contributed by atoms with van der Waals surface area (Å²) in [5.41, 5.74) is 3.97. The SMILES string of the molecule is CC[C@H](C)NC(=O)C(=O)N/N=C\c1ccccc1OCc1ccccc1. The van der Waals surface area contributed by atoms with Crippen molar-refractivity contribution in [2.24, 2.45) is 5.10 Å². The molecule has 0 fully saturated rings. The first-order valence-electron chi connectivity index (χ1n) is 8.49. The molecule has 0 aliphatic carbocycles. The molecule has 2 aromatic rings. The number of carbonyl (C=O) groups excluding carboxylic acids is 2. The van der Waals surface area contributed by atoms with E-state index in [0.717, 1.165) is 12.0 Å². The summed E-state index contributed by atoms with van der Waals surface area (Å²) in [7, 11) is 0. The fraction of sp³-hybridized carbons (Fsp3) is 0.250. The second-order valence-corrected chi connectivity index (χ2v) is 5.79. The smallest absolute Gasteiger partial charge is 0.329 e. The molecule has 0 aliphatic rings. The number of hydrazone groups is 1. The molecular formula is C20H23N3O3. The second kappa shape index (κ2) is 9.98. The summed E-state index contributed by atoms with van der Waals surface area (Å²) in [6, 6.07) is 17.1. The number of nitrogens with one attached hydrogen (secondary N) is 2. The molecule has 6 heteroatoms. The molecule has 0 radical (unpaired) electrons. The van der Waals surface area contributed by atoms with E-state index in [-0.39, 0.29) is 6.04 Å². The number of ether oxygens (including phenoxy) is 1. The van der Waals surface area contributed by atoms with Crippen LogP contribution in [0.4, 0.5) is 0 Å². The molecule has 0 aromatic heterocycles. The van der Waals surface area contributed by atoms with Gasteiger partial charge in [-0.1, -0.05) is 49.4 Å². The largest absolute Gasteiger partial charge is 0.488 e. The van der Waals surface area contributed by atoms with Crippen molar-refractivity contribution in [2.75, 3.05) is 0 Å². The molecule has 2 rings (SSSR count). The van der Waals surface area contributed by atoms with Gasteiger partial charge >= 0.3 is 11.8 Å². The van der Waals surface area contributed by atoms with E-state index in [1.54, 1.807) is 0 Å². The van der Waals surface area contributed by atoms with Gasteiger partial charge in [0.05, 0.1) is 6.21 Å². The van der Waals surface area contributed by atoms with Crippen molar-refractivity contribution in [2.45, 2.75) is 32.9 Å². The average Bonchev–Trinajstić information content (AvgIpc) is 2.67. The lowest BCUT2D eigenvalue weighted by Crippen LogP contribution is -2.41. The number of nitrogens with zero attached hydrogens (tertiary/aromatic N) is 1. The van der Waals surface area contributed by atoms with Gasteiger partial charge in [-0.3, -0.25) is 9.59 Å². The summed E-state index contributed by atoms with van der Waals surface area (Å²) in [5, 5.41) is 6.42. The molecule has 2 amide bonds. The first kappa shape index (κ1) is 19.2. The zero-order valence-corrected chi connectivity index (χ0v) is 14.9. The van der Waals surface area contributed by atoms with E-state index in [2.05, 4.69) is 15.8 Å². The van der Waals surface area contributed by atoms with Crippen molar-refractivity contribution in [3.8, 4) is 5.75 Å². The molecule has 0 saturated heterocycles. The highest BCUT2D eigenvalue weighted by Gasteiger charge is 2.14. The van der Waals surface area contributed by atoms with E-state index in [1.807, 2.05) is 68.4 Å². The second-order valence-electron chi connectivity index (χ2n) is 5.79. The van der Waals surface area contributed by atoms with Crippen molar-refractivity contribution < 1.29 is 14.3 Å². The lowest BCUT2D eigenvalue weighted by Gasteiger charge is -2.10. The molecule has 0 unspecified atom stereocenters. The molecule has 0 bridgehead atoms. The Hall–Kier alpha value is -3.15. The maximum absolute atomic E-state index is 11.7. The molecule has 1 atom stereocenters. The number of rotatable bonds is 7. The fourth-order valence-corrected chi connectivity index (χ4v) is 2.06. The Bertz CT molecular complexity index is 760. The monoisotopic (exact) mass is 353 g/mol. The molecule has 26 heavy (non-hydrogen) atoms. The Morgan fingerprint density at radius 3 is 2.50 bits per heavy atom. The van der Waals surface area contributed by atoms with E-state index in [0.29, 0.717) is 17.9 Å². The standard InChI is InChI=1S/C20H23N3O3/c1-3-15(2)22-19(24)20(25)23-21-13-17-11-7-8-12-18(17)26-14-16-9-5-4-6-10-16/h4-13,15H,3,14H2,1-2H3,(H,22,24)(H,23,25)/b21-13-/t15-/m0/s1. The van der Waals surface area contributed by atoms with Gasteiger partial charge in [-0.15, -0.1) is 0 Å². The van der Waals surface area contributed by atoms with E-state index in [1.165, 1.54) is 6.21 Å². The van der Waals surface area contributed by atoms with Gasteiger partial charge in [0.2, 0.25) is 0 Å². The topological polar surface area (TPSA) is 79.8 Å². The normalized spacial score (nSPS) is 11.8. The van der Waals surface area contributed by atoms with Gasteiger partial charge in [0.15, 0.2) is 0 Å². The van der Waals surface area contributed by atoms with Crippen LogP contribution in [0.5, 0.6) is 5.75 Å². The zero-order valence-electron chi connectivity index (χ0n) is 14.9. The molecule has 6 nitrogen and oxygen atoms in total. The van der Waals surface area contributed by atoms with Crippen LogP contribution in [0.2, 0.25) is 0 Å². The lowest BCUT2D eigenvalue weighted by molar-refractivity contribution is -0.139. The molecule has 0 heterocycles. The van der Waals surface area contributed by atoms with Crippen molar-refractivity contribution in [1.29, 1.82) is 0 Å². The van der Waals surface area contributed by atoms with E-state index in [9.17, 15) is 9.59 Å². The number of hydrogen-bond donors (Lipinski definition) is 2. The van der Waals surface area contributed by atoms with Crippen molar-refractivity contribution in [3.63, 3.8) is 0 Å². The van der Waals surface area contributed by atoms with Gasteiger partial charge in [-0.05, 0) is 31.0 Å². The number of hydrogen-bond acceptors (Lipinski definition) is 4. The molecule has 2 N–H and O–H groups in total. The first-order valence-corrected chi connectivity index (χ1v) is 8.49. The summed E-state index contributed by atoms with van der Waals surface area (Å²) < 4.78 is 5.81. The Morgan fingerprint density at radius 1 is 1.08 bits per heavy atom. The Kier molecular flexibility index (Phi) is 7.36. The summed E-state index contributed by atoms with van der Waals surface area (Å²) in [4.78, 5) is 23.4. The van der Waals surface area contributed by atoms with E-state index in [4.69, 9.17) is 4.74 Å². The predicted molar refractivity (Wildman–Crippen MR) is 101 cm³/mol. The lowest BCUT2D eigenvalue weighted by atomic mass is 10.2. The summed E-state index contributed by atoms with van der Waals surface area (Å²) in [5.74, 6) is -0.868. The van der Waals surface area contributed by atoms with Crippen LogP contribution in [0.1, 0.15) is 31.4 Å². The van der Waals surface area contributed by atoms with Crippen LogP contribution in [0, 0.1) is 0 Å². The molecule has 136 valence electrons. The summed E-state index contributed by atoms with van der Waals surface area (Å²) in [6.45, 7) is 4.18. The van der Waals surface area contributed by atoms with Gasteiger partial charge < -0.3 is 10.1 Å². The summed E-state index contributed by atoms with van der Waals surface area (Å²) >= 11 is 0. The van der Waals surface area contributed by atoms with Crippen LogP contribution >= 0.6 is 0 Å². The zero-order chi connectivity index (χ0) is 18.8. The van der Waals surface area contributed by atoms with Crippen LogP contribution < -0.4 is 15.5 Å². The maximum Gasteiger partial charge on any atom is 0.329 e. The molecule has 0 aliphatic heterocycles. The third-order valence-electron chi connectivity index (χ3n) is 3.72. The molecular weight excluding hydrogens is 330 g/mol. The minimum Gasteiger partial charge on any atom is -0.488 e. The number of carbonyl (C=O) groups is 2. The highest BCUT2D eigenvalue weighted by atomic mass is 16.5. The number of benzene rings is 2. The molecule has 0 saturated carbocycles. The van der Waals surface area contributed by atoms with Crippen molar-refractivity contribution >= 4 is 18.0 Å². The molecule has 2 aromatic carbocycles. The van der Waals surface area contributed by atoms with Gasteiger partial charge in [0, 0.05) is 11.6 Å². The number of para-hydroxylation sites is 1. The minimum absolute atomic E-state index is 0.0654. The average molecular weight is 353 g/mol. The molecule has 0 spiro atoms. The third kappa shape index (κ3) is 6.05.